The molecule has 0 aromatic rings. The zero-order valence-electron chi connectivity index (χ0n) is 9.35. The normalized spacial score (nSPS) is 18.3. The SMILES string of the molecule is O=C(N1CCN(CCCS(=O)(=O)O)C1)C(F)(F)F. The molecule has 1 amide bonds. The third-order valence-corrected chi connectivity index (χ3v) is 3.27. The summed E-state index contributed by atoms with van der Waals surface area (Å²) in [5.74, 6) is -2.34. The van der Waals surface area contributed by atoms with Crippen molar-refractivity contribution in [3.05, 3.63) is 0 Å². The molecule has 1 saturated heterocycles. The third kappa shape index (κ3) is 4.78. The van der Waals surface area contributed by atoms with E-state index in [-0.39, 0.29) is 32.7 Å². The van der Waals surface area contributed by atoms with Crippen molar-refractivity contribution in [1.82, 2.24) is 9.80 Å². The molecular weight excluding hydrogens is 277 g/mol. The summed E-state index contributed by atoms with van der Waals surface area (Å²) in [7, 11) is -4.06. The first-order valence-corrected chi connectivity index (χ1v) is 6.74. The Balaban J connectivity index is 2.36. The van der Waals surface area contributed by atoms with Crippen LogP contribution in [-0.4, -0.2) is 66.9 Å². The lowest BCUT2D eigenvalue weighted by molar-refractivity contribution is -0.184. The predicted molar refractivity (Wildman–Crippen MR) is 55.2 cm³/mol. The van der Waals surface area contributed by atoms with Gasteiger partial charge in [-0.2, -0.15) is 21.6 Å². The van der Waals surface area contributed by atoms with Crippen LogP contribution in [0.4, 0.5) is 13.2 Å². The predicted octanol–water partition coefficient (Wildman–Crippen LogP) is -0.0717. The van der Waals surface area contributed by atoms with Gasteiger partial charge in [0, 0.05) is 19.6 Å². The molecule has 18 heavy (non-hydrogen) atoms. The summed E-state index contributed by atoms with van der Waals surface area (Å²) in [4.78, 5) is 13.1. The molecule has 0 aliphatic carbocycles. The van der Waals surface area contributed by atoms with Crippen LogP contribution >= 0.6 is 0 Å². The van der Waals surface area contributed by atoms with Gasteiger partial charge >= 0.3 is 12.1 Å². The van der Waals surface area contributed by atoms with E-state index < -0.39 is 28.0 Å². The molecule has 1 rings (SSSR count). The highest BCUT2D eigenvalue weighted by atomic mass is 32.2. The highest BCUT2D eigenvalue weighted by molar-refractivity contribution is 7.85. The fraction of sp³-hybridized carbons (Fsp3) is 0.875. The van der Waals surface area contributed by atoms with E-state index in [2.05, 4.69) is 0 Å². The van der Waals surface area contributed by atoms with Crippen molar-refractivity contribution >= 4 is 16.0 Å². The summed E-state index contributed by atoms with van der Waals surface area (Å²) in [5.41, 5.74) is 0. The number of amides is 1. The zero-order chi connectivity index (χ0) is 14.0. The minimum atomic E-state index is -4.88. The summed E-state index contributed by atoms with van der Waals surface area (Å²) < 4.78 is 65.7. The van der Waals surface area contributed by atoms with Gasteiger partial charge in [0.2, 0.25) is 0 Å². The minimum absolute atomic E-state index is 0.0375. The lowest BCUT2D eigenvalue weighted by Gasteiger charge is -2.19. The summed E-state index contributed by atoms with van der Waals surface area (Å²) in [5, 5.41) is 0. The molecule has 1 fully saturated rings. The van der Waals surface area contributed by atoms with Crippen LogP contribution < -0.4 is 0 Å². The molecule has 0 unspecified atom stereocenters. The summed E-state index contributed by atoms with van der Waals surface area (Å²) in [6, 6.07) is 0. The highest BCUT2D eigenvalue weighted by Crippen LogP contribution is 2.20. The quantitative estimate of drug-likeness (QED) is 0.733. The number of nitrogens with zero attached hydrogens (tertiary/aromatic N) is 2. The molecule has 0 aromatic heterocycles. The van der Waals surface area contributed by atoms with Crippen LogP contribution in [0, 0.1) is 0 Å². The molecule has 106 valence electrons. The molecule has 1 aliphatic heterocycles. The maximum Gasteiger partial charge on any atom is 0.471 e. The van der Waals surface area contributed by atoms with Crippen LogP contribution in [0.15, 0.2) is 0 Å². The average molecular weight is 290 g/mol. The van der Waals surface area contributed by atoms with E-state index in [0.717, 1.165) is 0 Å². The van der Waals surface area contributed by atoms with Crippen LogP contribution in [-0.2, 0) is 14.9 Å². The van der Waals surface area contributed by atoms with Crippen molar-refractivity contribution in [2.24, 2.45) is 0 Å². The average Bonchev–Trinajstić information content (AvgIpc) is 2.61. The maximum atomic E-state index is 12.1. The Kier molecular flexibility index (Phi) is 4.56. The molecule has 0 aromatic carbocycles. The molecular formula is C8H13F3N2O4S. The molecule has 0 bridgehead atoms. The van der Waals surface area contributed by atoms with E-state index in [1.165, 1.54) is 4.90 Å². The van der Waals surface area contributed by atoms with Crippen LogP contribution in [0.25, 0.3) is 0 Å². The number of hydrogen-bond donors (Lipinski definition) is 1. The van der Waals surface area contributed by atoms with Gasteiger partial charge in [0.05, 0.1) is 12.4 Å². The summed E-state index contributed by atoms with van der Waals surface area (Å²) in [6.07, 6.45) is -4.78. The summed E-state index contributed by atoms with van der Waals surface area (Å²) in [6.45, 7) is 0.253. The van der Waals surface area contributed by atoms with E-state index in [4.69, 9.17) is 4.55 Å². The van der Waals surface area contributed by atoms with Crippen molar-refractivity contribution in [2.75, 3.05) is 32.1 Å². The van der Waals surface area contributed by atoms with Gasteiger partial charge in [-0.25, -0.2) is 0 Å². The Labute approximate surface area is 102 Å². The molecule has 1 heterocycles. The van der Waals surface area contributed by atoms with Crippen LogP contribution in [0.3, 0.4) is 0 Å². The molecule has 1 N–H and O–H groups in total. The van der Waals surface area contributed by atoms with Crippen molar-refractivity contribution < 1.29 is 30.9 Å². The lowest BCUT2D eigenvalue weighted by Crippen LogP contribution is -2.40. The smallest absolute Gasteiger partial charge is 0.321 e. The molecule has 0 saturated carbocycles. The van der Waals surface area contributed by atoms with E-state index in [1.807, 2.05) is 0 Å². The van der Waals surface area contributed by atoms with E-state index in [9.17, 15) is 26.4 Å². The van der Waals surface area contributed by atoms with E-state index >= 15 is 0 Å². The van der Waals surface area contributed by atoms with Gasteiger partial charge in [0.15, 0.2) is 0 Å². The Hall–Kier alpha value is -0.870. The van der Waals surface area contributed by atoms with Gasteiger partial charge in [-0.05, 0) is 6.42 Å². The monoisotopic (exact) mass is 290 g/mol. The number of carbonyl (C=O) groups is 1. The Morgan fingerprint density at radius 2 is 1.89 bits per heavy atom. The van der Waals surface area contributed by atoms with Gasteiger partial charge in [0.25, 0.3) is 10.1 Å². The maximum absolute atomic E-state index is 12.1. The second kappa shape index (κ2) is 5.41. The standard InChI is InChI=1S/C8H13F3N2O4S/c9-8(10,11)7(14)13-4-3-12(6-13)2-1-5-18(15,16)17/h1-6H2,(H,15,16,17). The van der Waals surface area contributed by atoms with Gasteiger partial charge in [-0.3, -0.25) is 14.2 Å². The first-order valence-electron chi connectivity index (χ1n) is 5.13. The second-order valence-corrected chi connectivity index (χ2v) is 5.54. The Morgan fingerprint density at radius 1 is 1.28 bits per heavy atom. The van der Waals surface area contributed by atoms with Gasteiger partial charge in [0.1, 0.15) is 0 Å². The van der Waals surface area contributed by atoms with Crippen LogP contribution in [0.2, 0.25) is 0 Å². The molecule has 10 heteroatoms. The fourth-order valence-electron chi connectivity index (χ4n) is 1.64. The van der Waals surface area contributed by atoms with Crippen LogP contribution in [0.1, 0.15) is 6.42 Å². The molecule has 1 aliphatic rings. The molecule has 0 radical (unpaired) electrons. The lowest BCUT2D eigenvalue weighted by atomic mass is 10.4. The largest absolute Gasteiger partial charge is 0.471 e. The second-order valence-electron chi connectivity index (χ2n) is 3.97. The number of hydrogen-bond acceptors (Lipinski definition) is 4. The first kappa shape index (κ1) is 15.2. The van der Waals surface area contributed by atoms with Crippen molar-refractivity contribution in [1.29, 1.82) is 0 Å². The zero-order valence-corrected chi connectivity index (χ0v) is 10.2. The van der Waals surface area contributed by atoms with Crippen molar-refractivity contribution in [3.8, 4) is 0 Å². The van der Waals surface area contributed by atoms with E-state index in [0.29, 0.717) is 4.90 Å². The van der Waals surface area contributed by atoms with Crippen molar-refractivity contribution in [3.63, 3.8) is 0 Å². The number of carbonyl (C=O) groups excluding carboxylic acids is 1. The minimum Gasteiger partial charge on any atom is -0.321 e. The van der Waals surface area contributed by atoms with Crippen LogP contribution in [0.5, 0.6) is 0 Å². The Morgan fingerprint density at radius 3 is 2.39 bits per heavy atom. The van der Waals surface area contributed by atoms with E-state index in [1.54, 1.807) is 0 Å². The highest BCUT2D eigenvalue weighted by Gasteiger charge is 2.44. The number of rotatable bonds is 4. The molecule has 6 nitrogen and oxygen atoms in total. The van der Waals surface area contributed by atoms with Gasteiger partial charge in [-0.15, -0.1) is 0 Å². The number of alkyl halides is 3. The van der Waals surface area contributed by atoms with Crippen molar-refractivity contribution in [2.45, 2.75) is 12.6 Å². The fourth-order valence-corrected chi connectivity index (χ4v) is 2.14. The van der Waals surface area contributed by atoms with Gasteiger partial charge < -0.3 is 4.90 Å². The summed E-state index contributed by atoms with van der Waals surface area (Å²) >= 11 is 0. The first-order chi connectivity index (χ1) is 8.09. The van der Waals surface area contributed by atoms with Gasteiger partial charge in [-0.1, -0.05) is 0 Å². The molecule has 0 atom stereocenters. The third-order valence-electron chi connectivity index (χ3n) is 2.46. The molecule has 0 spiro atoms. The number of halogens is 3. The topological polar surface area (TPSA) is 77.9 Å². The Bertz CT molecular complexity index is 409.